The van der Waals surface area contributed by atoms with Gasteiger partial charge in [0.25, 0.3) is 0 Å². The number of ether oxygens (including phenoxy) is 1. The molecule has 0 saturated carbocycles. The Kier molecular flexibility index (Phi) is 5.98. The van der Waals surface area contributed by atoms with Crippen LogP contribution in [-0.2, 0) is 6.42 Å². The van der Waals surface area contributed by atoms with Gasteiger partial charge in [-0.25, -0.2) is 0 Å². The van der Waals surface area contributed by atoms with Crippen molar-refractivity contribution in [3.8, 4) is 5.75 Å². The zero-order chi connectivity index (χ0) is 15.4. The van der Waals surface area contributed by atoms with Crippen molar-refractivity contribution >= 4 is 39.1 Å². The predicted molar refractivity (Wildman–Crippen MR) is 94.2 cm³/mol. The van der Waals surface area contributed by atoms with Gasteiger partial charge < -0.3 is 4.74 Å². The molecule has 2 aromatic rings. The molecule has 1 nitrogen and oxygen atoms in total. The minimum atomic E-state index is 0.00864. The third-order valence-electron chi connectivity index (χ3n) is 3.33. The molecular formula is C17H17BrCl2O. The van der Waals surface area contributed by atoms with Crippen molar-refractivity contribution in [3.05, 3.63) is 63.1 Å². The first-order valence-corrected chi connectivity index (χ1v) is 8.59. The standard InChI is InChI=1S/C17H17BrCl2O/c1-3-11-7-5-6-8-12(11)17(18)13-9-15(20)16(21-4-2)10-14(13)19/h5-10,17H,3-4H2,1-2H3. The molecular weight excluding hydrogens is 371 g/mol. The zero-order valence-electron chi connectivity index (χ0n) is 12.0. The highest BCUT2D eigenvalue weighted by Gasteiger charge is 2.18. The van der Waals surface area contributed by atoms with Crippen molar-refractivity contribution < 1.29 is 4.74 Å². The fourth-order valence-electron chi connectivity index (χ4n) is 2.28. The van der Waals surface area contributed by atoms with Crippen LogP contribution in [0, 0.1) is 0 Å². The first-order chi connectivity index (χ1) is 10.1. The Morgan fingerprint density at radius 1 is 1.05 bits per heavy atom. The summed E-state index contributed by atoms with van der Waals surface area (Å²) in [7, 11) is 0. The van der Waals surface area contributed by atoms with E-state index in [0.29, 0.717) is 22.4 Å². The number of hydrogen-bond acceptors (Lipinski definition) is 1. The molecule has 4 heteroatoms. The highest BCUT2D eigenvalue weighted by Crippen LogP contribution is 2.41. The van der Waals surface area contributed by atoms with Crippen LogP contribution in [0.3, 0.4) is 0 Å². The van der Waals surface area contributed by atoms with E-state index in [4.69, 9.17) is 27.9 Å². The molecule has 2 aromatic carbocycles. The van der Waals surface area contributed by atoms with Crippen molar-refractivity contribution in [3.63, 3.8) is 0 Å². The fraction of sp³-hybridized carbons (Fsp3) is 0.294. The van der Waals surface area contributed by atoms with Crippen LogP contribution in [0.1, 0.15) is 35.4 Å². The lowest BCUT2D eigenvalue weighted by molar-refractivity contribution is 0.340. The highest BCUT2D eigenvalue weighted by molar-refractivity contribution is 9.09. The van der Waals surface area contributed by atoms with Crippen LogP contribution in [0.5, 0.6) is 5.75 Å². The summed E-state index contributed by atoms with van der Waals surface area (Å²) in [6.45, 7) is 4.63. The summed E-state index contributed by atoms with van der Waals surface area (Å²) in [6, 6.07) is 12.0. The Hall–Kier alpha value is -0.700. The van der Waals surface area contributed by atoms with Gasteiger partial charge >= 0.3 is 0 Å². The minimum absolute atomic E-state index is 0.00864. The maximum Gasteiger partial charge on any atom is 0.139 e. The lowest BCUT2D eigenvalue weighted by Gasteiger charge is -2.17. The second-order valence-corrected chi connectivity index (χ2v) is 6.38. The van der Waals surface area contributed by atoms with Crippen LogP contribution < -0.4 is 4.74 Å². The first-order valence-electron chi connectivity index (χ1n) is 6.92. The van der Waals surface area contributed by atoms with Crippen LogP contribution in [0.4, 0.5) is 0 Å². The van der Waals surface area contributed by atoms with Crippen LogP contribution >= 0.6 is 39.1 Å². The molecule has 112 valence electrons. The van der Waals surface area contributed by atoms with Crippen molar-refractivity contribution in [2.24, 2.45) is 0 Å². The van der Waals surface area contributed by atoms with E-state index in [1.54, 1.807) is 6.07 Å². The van der Waals surface area contributed by atoms with Gasteiger partial charge in [0, 0.05) is 11.1 Å². The SMILES string of the molecule is CCOc1cc(Cl)c(C(Br)c2ccccc2CC)cc1Cl. The first kappa shape index (κ1) is 16.7. The largest absolute Gasteiger partial charge is 0.492 e. The third-order valence-corrected chi connectivity index (χ3v) is 4.94. The van der Waals surface area contributed by atoms with Crippen molar-refractivity contribution in [2.75, 3.05) is 6.61 Å². The summed E-state index contributed by atoms with van der Waals surface area (Å²) < 4.78 is 5.47. The predicted octanol–water partition coefficient (Wildman–Crippen LogP) is 6.44. The van der Waals surface area contributed by atoms with Crippen molar-refractivity contribution in [1.82, 2.24) is 0 Å². The van der Waals surface area contributed by atoms with E-state index in [0.717, 1.165) is 12.0 Å². The number of hydrogen-bond donors (Lipinski definition) is 0. The number of benzene rings is 2. The van der Waals surface area contributed by atoms with Gasteiger partial charge in [-0.15, -0.1) is 0 Å². The maximum absolute atomic E-state index is 6.41. The van der Waals surface area contributed by atoms with Gasteiger partial charge in [-0.05, 0) is 36.1 Å². The lowest BCUT2D eigenvalue weighted by Crippen LogP contribution is -2.00. The van der Waals surface area contributed by atoms with Gasteiger partial charge in [-0.1, -0.05) is 70.3 Å². The molecule has 0 heterocycles. The number of aryl methyl sites for hydroxylation is 1. The molecule has 1 unspecified atom stereocenters. The van der Waals surface area contributed by atoms with Gasteiger partial charge in [0.15, 0.2) is 0 Å². The molecule has 0 saturated heterocycles. The van der Waals surface area contributed by atoms with Crippen LogP contribution in [0.2, 0.25) is 10.0 Å². The zero-order valence-corrected chi connectivity index (χ0v) is 15.1. The van der Waals surface area contributed by atoms with E-state index < -0.39 is 0 Å². The average molecular weight is 388 g/mol. The highest BCUT2D eigenvalue weighted by atomic mass is 79.9. The molecule has 0 amide bonds. The second-order valence-electron chi connectivity index (χ2n) is 4.65. The lowest BCUT2D eigenvalue weighted by atomic mass is 9.98. The van der Waals surface area contributed by atoms with E-state index in [2.05, 4.69) is 41.1 Å². The van der Waals surface area contributed by atoms with Gasteiger partial charge in [0.2, 0.25) is 0 Å². The van der Waals surface area contributed by atoms with Gasteiger partial charge in [-0.3, -0.25) is 0 Å². The van der Waals surface area contributed by atoms with Crippen molar-refractivity contribution in [1.29, 1.82) is 0 Å². The summed E-state index contributed by atoms with van der Waals surface area (Å²) in [5.74, 6) is 0.622. The minimum Gasteiger partial charge on any atom is -0.492 e. The van der Waals surface area contributed by atoms with Gasteiger partial charge in [-0.2, -0.15) is 0 Å². The van der Waals surface area contributed by atoms with Gasteiger partial charge in [0.1, 0.15) is 5.75 Å². The fourth-order valence-corrected chi connectivity index (χ4v) is 3.72. The Balaban J connectivity index is 2.44. The van der Waals surface area contributed by atoms with Gasteiger partial charge in [0.05, 0.1) is 16.5 Å². The molecule has 0 aliphatic carbocycles. The van der Waals surface area contributed by atoms with E-state index in [1.165, 1.54) is 11.1 Å². The van der Waals surface area contributed by atoms with Crippen LogP contribution in [-0.4, -0.2) is 6.61 Å². The average Bonchev–Trinajstić information content (AvgIpc) is 2.50. The summed E-state index contributed by atoms with van der Waals surface area (Å²) in [4.78, 5) is 0.00864. The molecule has 0 aliphatic rings. The summed E-state index contributed by atoms with van der Waals surface area (Å²) >= 11 is 16.4. The summed E-state index contributed by atoms with van der Waals surface area (Å²) in [5, 5.41) is 1.23. The Morgan fingerprint density at radius 3 is 2.43 bits per heavy atom. The molecule has 0 bridgehead atoms. The van der Waals surface area contributed by atoms with Crippen LogP contribution in [0.15, 0.2) is 36.4 Å². The van der Waals surface area contributed by atoms with E-state index in [9.17, 15) is 0 Å². The van der Waals surface area contributed by atoms with Crippen molar-refractivity contribution in [2.45, 2.75) is 25.1 Å². The van der Waals surface area contributed by atoms with E-state index in [-0.39, 0.29) is 4.83 Å². The molecule has 21 heavy (non-hydrogen) atoms. The molecule has 0 spiro atoms. The molecule has 0 fully saturated rings. The quantitative estimate of drug-likeness (QED) is 0.536. The molecule has 0 radical (unpaired) electrons. The maximum atomic E-state index is 6.41. The Bertz CT molecular complexity index is 628. The van der Waals surface area contributed by atoms with E-state index >= 15 is 0 Å². The number of halogens is 3. The van der Waals surface area contributed by atoms with E-state index in [1.807, 2.05) is 19.1 Å². The Labute approximate surface area is 144 Å². The summed E-state index contributed by atoms with van der Waals surface area (Å²) in [5.41, 5.74) is 3.45. The second kappa shape index (κ2) is 7.53. The molecule has 0 aliphatic heterocycles. The third kappa shape index (κ3) is 3.74. The molecule has 2 rings (SSSR count). The number of rotatable bonds is 5. The monoisotopic (exact) mass is 386 g/mol. The topological polar surface area (TPSA) is 9.23 Å². The van der Waals surface area contributed by atoms with Crippen LogP contribution in [0.25, 0.3) is 0 Å². The molecule has 1 atom stereocenters. The smallest absolute Gasteiger partial charge is 0.139 e. The number of alkyl halides is 1. The molecule has 0 aromatic heterocycles. The Morgan fingerprint density at radius 2 is 1.76 bits per heavy atom. The summed E-state index contributed by atoms with van der Waals surface area (Å²) in [6.07, 6.45) is 0.973. The molecule has 0 N–H and O–H groups in total. The normalized spacial score (nSPS) is 12.2.